The Kier molecular flexibility index (Phi) is 5.84. The van der Waals surface area contributed by atoms with E-state index >= 15 is 0 Å². The van der Waals surface area contributed by atoms with Gasteiger partial charge in [-0.25, -0.2) is 8.42 Å². The molecule has 9 heteroatoms. The number of halogens is 2. The van der Waals surface area contributed by atoms with Crippen LogP contribution in [0.5, 0.6) is 0 Å². The Morgan fingerprint density at radius 3 is 1.34 bits per heavy atom. The molecular formula is C26H16Cl2N2O4S. The molecule has 1 aliphatic rings. The van der Waals surface area contributed by atoms with E-state index in [0.29, 0.717) is 22.3 Å². The van der Waals surface area contributed by atoms with Crippen molar-refractivity contribution in [2.24, 2.45) is 0 Å². The minimum Gasteiger partial charge on any atom is -0.321 e. The van der Waals surface area contributed by atoms with Crippen LogP contribution < -0.4 is 10.6 Å². The molecule has 5 rings (SSSR count). The number of rotatable bonds is 4. The minimum atomic E-state index is -3.96. The lowest BCUT2D eigenvalue weighted by atomic mass is 10.0. The third-order valence-corrected chi connectivity index (χ3v) is 8.04. The van der Waals surface area contributed by atoms with Gasteiger partial charge in [-0.15, -0.1) is 0 Å². The molecule has 2 amide bonds. The number of hydrogen-bond donors (Lipinski definition) is 2. The van der Waals surface area contributed by atoms with Crippen LogP contribution in [0.25, 0.3) is 11.1 Å². The summed E-state index contributed by atoms with van der Waals surface area (Å²) in [7, 11) is -3.96. The minimum absolute atomic E-state index is 0.0112. The van der Waals surface area contributed by atoms with Gasteiger partial charge in [0, 0.05) is 22.3 Å². The average Bonchev–Trinajstić information content (AvgIpc) is 3.06. The van der Waals surface area contributed by atoms with Crippen LogP contribution in [-0.2, 0) is 9.84 Å². The van der Waals surface area contributed by atoms with Gasteiger partial charge in [0.05, 0.1) is 31.2 Å². The third kappa shape index (κ3) is 4.18. The summed E-state index contributed by atoms with van der Waals surface area (Å²) in [6, 6.07) is 22.6. The van der Waals surface area contributed by atoms with Gasteiger partial charge in [-0.05, 0) is 48.5 Å². The number of hydrogen-bond acceptors (Lipinski definition) is 4. The predicted octanol–water partition coefficient (Wildman–Crippen LogP) is 6.31. The topological polar surface area (TPSA) is 92.3 Å². The lowest BCUT2D eigenvalue weighted by Gasteiger charge is -2.10. The zero-order valence-electron chi connectivity index (χ0n) is 17.9. The predicted molar refractivity (Wildman–Crippen MR) is 136 cm³/mol. The molecule has 0 radical (unpaired) electrons. The second-order valence-corrected chi connectivity index (χ2v) is 10.5. The Morgan fingerprint density at radius 1 is 0.600 bits per heavy atom. The number of benzene rings is 4. The molecule has 2 N–H and O–H groups in total. The standard InChI is InChI=1S/C26H16Cl2N2O4S/c27-19-11-17-18-12-20(28)22(30-26(32)16-9-5-2-6-10-16)14-24(18)35(33,34)23(17)13-21(19)29-25(31)15-7-3-1-4-8-15/h1-14H,(H,29,31)(H,30,32). The largest absolute Gasteiger partial charge is 0.321 e. The molecule has 0 bridgehead atoms. The van der Waals surface area contributed by atoms with E-state index in [1.807, 2.05) is 0 Å². The van der Waals surface area contributed by atoms with Gasteiger partial charge in [-0.1, -0.05) is 59.6 Å². The van der Waals surface area contributed by atoms with Crippen LogP contribution >= 0.6 is 23.2 Å². The fourth-order valence-corrected chi connectivity index (χ4v) is 5.97. The van der Waals surface area contributed by atoms with E-state index in [4.69, 9.17) is 23.2 Å². The summed E-state index contributed by atoms with van der Waals surface area (Å²) in [5, 5.41) is 5.69. The van der Waals surface area contributed by atoms with Gasteiger partial charge < -0.3 is 10.6 Å². The van der Waals surface area contributed by atoms with Gasteiger partial charge in [0.25, 0.3) is 11.8 Å². The molecule has 1 heterocycles. The number of fused-ring (bicyclic) bond motifs is 3. The summed E-state index contributed by atoms with van der Waals surface area (Å²) in [4.78, 5) is 25.1. The zero-order chi connectivity index (χ0) is 24.7. The highest BCUT2D eigenvalue weighted by Gasteiger charge is 2.35. The van der Waals surface area contributed by atoms with Crippen LogP contribution in [0.1, 0.15) is 20.7 Å². The highest BCUT2D eigenvalue weighted by molar-refractivity contribution is 7.92. The maximum atomic E-state index is 13.4. The van der Waals surface area contributed by atoms with Gasteiger partial charge in [-0.2, -0.15) is 0 Å². The highest BCUT2D eigenvalue weighted by Crippen LogP contribution is 2.48. The second kappa shape index (κ2) is 8.85. The van der Waals surface area contributed by atoms with E-state index in [9.17, 15) is 18.0 Å². The lowest BCUT2D eigenvalue weighted by molar-refractivity contribution is 0.101. The van der Waals surface area contributed by atoms with E-state index in [2.05, 4.69) is 10.6 Å². The summed E-state index contributed by atoms with van der Waals surface area (Å²) in [5.41, 5.74) is 1.87. The van der Waals surface area contributed by atoms with Crippen molar-refractivity contribution in [2.75, 3.05) is 10.6 Å². The second-order valence-electron chi connectivity index (χ2n) is 7.80. The zero-order valence-corrected chi connectivity index (χ0v) is 20.2. The maximum absolute atomic E-state index is 13.4. The Bertz CT molecular complexity index is 1490. The van der Waals surface area contributed by atoms with E-state index in [-0.39, 0.29) is 31.2 Å². The number of nitrogens with one attached hydrogen (secondary N) is 2. The normalized spacial score (nSPS) is 13.0. The fraction of sp³-hybridized carbons (Fsp3) is 0. The molecule has 4 aromatic rings. The number of carbonyl (C=O) groups is 2. The van der Waals surface area contributed by atoms with Crippen LogP contribution in [0, 0.1) is 0 Å². The molecule has 0 unspecified atom stereocenters. The number of carbonyl (C=O) groups excluding carboxylic acids is 2. The maximum Gasteiger partial charge on any atom is 0.255 e. The molecule has 174 valence electrons. The summed E-state index contributed by atoms with van der Waals surface area (Å²) >= 11 is 12.8. The number of anilines is 2. The van der Waals surface area contributed by atoms with Crippen LogP contribution in [0.4, 0.5) is 11.4 Å². The van der Waals surface area contributed by atoms with Crippen molar-refractivity contribution in [1.82, 2.24) is 0 Å². The molecule has 0 aromatic heterocycles. The SMILES string of the molecule is O=C(Nc1cc2c(cc1Cl)-c1cc(Cl)c(NC(=O)c3ccccc3)cc1S2(=O)=O)c1ccccc1. The van der Waals surface area contributed by atoms with Crippen molar-refractivity contribution < 1.29 is 18.0 Å². The first-order chi connectivity index (χ1) is 16.8. The van der Waals surface area contributed by atoms with Crippen molar-refractivity contribution >= 4 is 56.2 Å². The number of amides is 2. The summed E-state index contributed by atoms with van der Waals surface area (Å²) < 4.78 is 26.8. The van der Waals surface area contributed by atoms with E-state index < -0.39 is 21.7 Å². The Balaban J connectivity index is 1.51. The van der Waals surface area contributed by atoms with Crippen LogP contribution in [-0.4, -0.2) is 20.2 Å². The van der Waals surface area contributed by atoms with Crippen molar-refractivity contribution in [3.05, 3.63) is 106 Å². The van der Waals surface area contributed by atoms with Crippen LogP contribution in [0.15, 0.2) is 94.7 Å². The summed E-state index contributed by atoms with van der Waals surface area (Å²) in [5.74, 6) is -0.844. The van der Waals surface area contributed by atoms with Crippen molar-refractivity contribution in [3.8, 4) is 11.1 Å². The van der Waals surface area contributed by atoms with Crippen molar-refractivity contribution in [3.63, 3.8) is 0 Å². The van der Waals surface area contributed by atoms with Gasteiger partial charge in [0.15, 0.2) is 0 Å². The first kappa shape index (κ1) is 23.1. The van der Waals surface area contributed by atoms with E-state index in [0.717, 1.165) is 0 Å². The Hall–Kier alpha value is -3.65. The van der Waals surface area contributed by atoms with Gasteiger partial charge in [0.2, 0.25) is 9.84 Å². The molecule has 6 nitrogen and oxygen atoms in total. The summed E-state index contributed by atoms with van der Waals surface area (Å²) in [6.07, 6.45) is 0. The molecule has 4 aromatic carbocycles. The Labute approximate surface area is 211 Å². The molecule has 0 saturated heterocycles. The summed E-state index contributed by atoms with van der Waals surface area (Å²) in [6.45, 7) is 0. The first-order valence-electron chi connectivity index (χ1n) is 10.4. The van der Waals surface area contributed by atoms with Crippen molar-refractivity contribution in [2.45, 2.75) is 9.79 Å². The monoisotopic (exact) mass is 522 g/mol. The fourth-order valence-electron chi connectivity index (χ4n) is 3.85. The van der Waals surface area contributed by atoms with Crippen LogP contribution in [0.2, 0.25) is 10.0 Å². The molecule has 0 aliphatic carbocycles. The number of sulfone groups is 1. The van der Waals surface area contributed by atoms with Crippen LogP contribution in [0.3, 0.4) is 0 Å². The molecule has 1 aliphatic heterocycles. The van der Waals surface area contributed by atoms with Gasteiger partial charge >= 0.3 is 0 Å². The highest BCUT2D eigenvalue weighted by atomic mass is 35.5. The van der Waals surface area contributed by atoms with E-state index in [1.54, 1.807) is 60.7 Å². The smallest absolute Gasteiger partial charge is 0.255 e. The molecule has 0 spiro atoms. The van der Waals surface area contributed by atoms with Crippen molar-refractivity contribution in [1.29, 1.82) is 0 Å². The third-order valence-electron chi connectivity index (χ3n) is 5.58. The molecule has 0 fully saturated rings. The Morgan fingerprint density at radius 2 is 0.971 bits per heavy atom. The van der Waals surface area contributed by atoms with Gasteiger partial charge in [0.1, 0.15) is 0 Å². The van der Waals surface area contributed by atoms with E-state index in [1.165, 1.54) is 24.3 Å². The molecule has 0 saturated carbocycles. The molecule has 35 heavy (non-hydrogen) atoms. The molecular weight excluding hydrogens is 507 g/mol. The average molecular weight is 523 g/mol. The lowest BCUT2D eigenvalue weighted by Crippen LogP contribution is -2.12. The van der Waals surface area contributed by atoms with Gasteiger partial charge in [-0.3, -0.25) is 9.59 Å². The molecule has 0 atom stereocenters. The quantitative estimate of drug-likeness (QED) is 0.289. The first-order valence-corrected chi connectivity index (χ1v) is 12.6.